The van der Waals surface area contributed by atoms with E-state index in [0.717, 1.165) is 25.7 Å². The second-order valence-electron chi connectivity index (χ2n) is 3.89. The van der Waals surface area contributed by atoms with Crippen molar-refractivity contribution in [2.24, 2.45) is 5.92 Å². The zero-order chi connectivity index (χ0) is 10.8. The predicted molar refractivity (Wildman–Crippen MR) is 56.1 cm³/mol. The van der Waals surface area contributed by atoms with Gasteiger partial charge < -0.3 is 5.11 Å². The van der Waals surface area contributed by atoms with Crippen LogP contribution in [0.25, 0.3) is 0 Å². The van der Waals surface area contributed by atoms with Crippen LogP contribution in [0.5, 0.6) is 0 Å². The summed E-state index contributed by atoms with van der Waals surface area (Å²) in [4.78, 5) is 15.2. The Bertz CT molecular complexity index is 411. The first-order valence-corrected chi connectivity index (χ1v) is 5.46. The summed E-state index contributed by atoms with van der Waals surface area (Å²) in [6.45, 7) is 0. The first-order valence-electron chi connectivity index (χ1n) is 5.06. The van der Waals surface area contributed by atoms with E-state index in [1.54, 1.807) is 0 Å². The number of carbonyl (C=O) groups is 1. The SMILES string of the molecule is O=C(O)[C@H]1CCCC[C@@H]1c1nc(=S)[nH][nH]1. The fourth-order valence-corrected chi connectivity index (χ4v) is 2.36. The van der Waals surface area contributed by atoms with Gasteiger partial charge in [-0.25, -0.2) is 4.98 Å². The van der Waals surface area contributed by atoms with Crippen LogP contribution in [0.3, 0.4) is 0 Å². The minimum Gasteiger partial charge on any atom is -0.481 e. The first kappa shape index (κ1) is 10.4. The van der Waals surface area contributed by atoms with Crippen molar-refractivity contribution in [3.8, 4) is 0 Å². The van der Waals surface area contributed by atoms with Gasteiger partial charge in [0.1, 0.15) is 5.82 Å². The van der Waals surface area contributed by atoms with Gasteiger partial charge >= 0.3 is 5.97 Å². The molecule has 1 aromatic rings. The van der Waals surface area contributed by atoms with Gasteiger partial charge in [-0.05, 0) is 25.1 Å². The highest BCUT2D eigenvalue weighted by atomic mass is 32.1. The smallest absolute Gasteiger partial charge is 0.307 e. The van der Waals surface area contributed by atoms with Crippen molar-refractivity contribution in [3.63, 3.8) is 0 Å². The molecule has 0 aromatic carbocycles. The molecule has 0 amide bonds. The van der Waals surface area contributed by atoms with Gasteiger partial charge in [-0.2, -0.15) is 0 Å². The van der Waals surface area contributed by atoms with E-state index >= 15 is 0 Å². The van der Waals surface area contributed by atoms with Crippen molar-refractivity contribution in [3.05, 3.63) is 10.6 Å². The van der Waals surface area contributed by atoms with Gasteiger partial charge in [0, 0.05) is 5.92 Å². The Morgan fingerprint density at radius 1 is 1.40 bits per heavy atom. The minimum atomic E-state index is -0.734. The Labute approximate surface area is 91.9 Å². The molecule has 1 heterocycles. The van der Waals surface area contributed by atoms with E-state index in [9.17, 15) is 4.79 Å². The fourth-order valence-electron chi connectivity index (χ4n) is 2.21. The van der Waals surface area contributed by atoms with E-state index in [0.29, 0.717) is 10.6 Å². The molecule has 82 valence electrons. The highest BCUT2D eigenvalue weighted by molar-refractivity contribution is 7.71. The van der Waals surface area contributed by atoms with Gasteiger partial charge in [-0.3, -0.25) is 15.0 Å². The Hall–Kier alpha value is -1.17. The zero-order valence-electron chi connectivity index (χ0n) is 8.19. The summed E-state index contributed by atoms with van der Waals surface area (Å²) in [6.07, 6.45) is 3.64. The van der Waals surface area contributed by atoms with Gasteiger partial charge in [0.05, 0.1) is 5.92 Å². The number of aromatic nitrogens is 3. The molecule has 0 aliphatic heterocycles. The van der Waals surface area contributed by atoms with Crippen LogP contribution in [0.1, 0.15) is 37.4 Å². The number of nitrogens with zero attached hydrogens (tertiary/aromatic N) is 1. The fraction of sp³-hybridized carbons (Fsp3) is 0.667. The monoisotopic (exact) mass is 227 g/mol. The van der Waals surface area contributed by atoms with Crippen molar-refractivity contribution in [1.82, 2.24) is 15.2 Å². The Morgan fingerprint density at radius 3 is 2.73 bits per heavy atom. The summed E-state index contributed by atoms with van der Waals surface area (Å²) in [5.41, 5.74) is 0. The summed E-state index contributed by atoms with van der Waals surface area (Å²) in [5, 5.41) is 14.7. The largest absolute Gasteiger partial charge is 0.481 e. The second kappa shape index (κ2) is 4.14. The van der Waals surface area contributed by atoms with Gasteiger partial charge in [0.2, 0.25) is 4.77 Å². The molecule has 2 rings (SSSR count). The molecule has 0 radical (unpaired) electrons. The molecule has 0 saturated heterocycles. The third-order valence-electron chi connectivity index (χ3n) is 2.95. The van der Waals surface area contributed by atoms with Gasteiger partial charge in [0.25, 0.3) is 0 Å². The molecule has 1 aromatic heterocycles. The number of carboxylic acid groups (broad SMARTS) is 1. The molecule has 0 unspecified atom stereocenters. The molecule has 5 nitrogen and oxygen atoms in total. The normalized spacial score (nSPS) is 26.4. The van der Waals surface area contributed by atoms with Crippen molar-refractivity contribution < 1.29 is 9.90 Å². The summed E-state index contributed by atoms with van der Waals surface area (Å²) in [7, 11) is 0. The number of hydrogen-bond donors (Lipinski definition) is 3. The van der Waals surface area contributed by atoms with Crippen molar-refractivity contribution in [1.29, 1.82) is 0 Å². The maximum atomic E-state index is 11.1. The number of rotatable bonds is 2. The number of aromatic amines is 2. The molecule has 0 bridgehead atoms. The molecule has 1 aliphatic rings. The topological polar surface area (TPSA) is 81.8 Å². The minimum absolute atomic E-state index is 0.0239. The molecule has 1 saturated carbocycles. The summed E-state index contributed by atoms with van der Waals surface area (Å²) in [5.74, 6) is -0.397. The van der Waals surface area contributed by atoms with E-state index in [-0.39, 0.29) is 11.8 Å². The summed E-state index contributed by atoms with van der Waals surface area (Å²) < 4.78 is 0.389. The molecule has 1 aliphatic carbocycles. The van der Waals surface area contributed by atoms with Crippen LogP contribution in [0.2, 0.25) is 0 Å². The number of carboxylic acids is 1. The quantitative estimate of drug-likeness (QED) is 0.673. The second-order valence-corrected chi connectivity index (χ2v) is 4.27. The van der Waals surface area contributed by atoms with E-state index in [4.69, 9.17) is 17.3 Å². The predicted octanol–water partition coefficient (Wildman–Crippen LogP) is 1.83. The van der Waals surface area contributed by atoms with Crippen LogP contribution in [-0.2, 0) is 4.79 Å². The molecule has 3 N–H and O–H groups in total. The number of H-pyrrole nitrogens is 2. The van der Waals surface area contributed by atoms with E-state index in [2.05, 4.69) is 15.2 Å². The standard InChI is InChI=1S/C9H13N3O2S/c13-8(14)6-4-2-1-3-5(6)7-10-9(15)12-11-7/h5-6H,1-4H2,(H,13,14)(H2,10,11,12,15)/t5-,6-/m0/s1. The Balaban J connectivity index is 2.25. The molecule has 0 spiro atoms. The average molecular weight is 227 g/mol. The van der Waals surface area contributed by atoms with Crippen LogP contribution >= 0.6 is 12.2 Å². The van der Waals surface area contributed by atoms with Crippen molar-refractivity contribution in [2.45, 2.75) is 31.6 Å². The Morgan fingerprint density at radius 2 is 2.13 bits per heavy atom. The lowest BCUT2D eigenvalue weighted by Gasteiger charge is -2.26. The molecular formula is C9H13N3O2S. The van der Waals surface area contributed by atoms with Gasteiger partial charge in [0.15, 0.2) is 0 Å². The van der Waals surface area contributed by atoms with Crippen LogP contribution < -0.4 is 0 Å². The molecule has 1 fully saturated rings. The van der Waals surface area contributed by atoms with Crippen LogP contribution in [0.4, 0.5) is 0 Å². The van der Waals surface area contributed by atoms with E-state index in [1.807, 2.05) is 0 Å². The number of aliphatic carboxylic acids is 1. The first-order chi connectivity index (χ1) is 7.18. The Kier molecular flexibility index (Phi) is 2.86. The molecule has 2 atom stereocenters. The maximum Gasteiger partial charge on any atom is 0.307 e. The van der Waals surface area contributed by atoms with Crippen LogP contribution in [0.15, 0.2) is 0 Å². The highest BCUT2D eigenvalue weighted by Crippen LogP contribution is 2.36. The lowest BCUT2D eigenvalue weighted by Crippen LogP contribution is -2.26. The van der Waals surface area contributed by atoms with Crippen molar-refractivity contribution >= 4 is 18.2 Å². The van der Waals surface area contributed by atoms with Crippen LogP contribution in [-0.4, -0.2) is 26.3 Å². The lowest BCUT2D eigenvalue weighted by atomic mass is 9.79. The van der Waals surface area contributed by atoms with Gasteiger partial charge in [-0.1, -0.05) is 12.8 Å². The third-order valence-corrected chi connectivity index (χ3v) is 3.15. The average Bonchev–Trinajstić information content (AvgIpc) is 2.65. The maximum absolute atomic E-state index is 11.1. The van der Waals surface area contributed by atoms with E-state index in [1.165, 1.54) is 0 Å². The van der Waals surface area contributed by atoms with Gasteiger partial charge in [-0.15, -0.1) is 0 Å². The third kappa shape index (κ3) is 2.09. The van der Waals surface area contributed by atoms with Crippen LogP contribution in [0, 0.1) is 10.7 Å². The molecule has 6 heteroatoms. The summed E-state index contributed by atoms with van der Waals surface area (Å²) in [6, 6.07) is 0. The summed E-state index contributed by atoms with van der Waals surface area (Å²) >= 11 is 4.86. The lowest BCUT2D eigenvalue weighted by molar-refractivity contribution is -0.143. The zero-order valence-corrected chi connectivity index (χ0v) is 9.01. The van der Waals surface area contributed by atoms with Crippen molar-refractivity contribution in [2.75, 3.05) is 0 Å². The molecular weight excluding hydrogens is 214 g/mol. The number of hydrogen-bond acceptors (Lipinski definition) is 3. The molecule has 15 heavy (non-hydrogen) atoms. The number of nitrogens with one attached hydrogen (secondary N) is 2. The van der Waals surface area contributed by atoms with E-state index < -0.39 is 5.97 Å². The highest BCUT2D eigenvalue weighted by Gasteiger charge is 2.33.